The molecule has 0 unspecified atom stereocenters. The average Bonchev–Trinajstić information content (AvgIpc) is 2.37. The Hall–Kier alpha value is -1.53. The summed E-state index contributed by atoms with van der Waals surface area (Å²) in [7, 11) is 0. The third-order valence-corrected chi connectivity index (χ3v) is 2.46. The van der Waals surface area contributed by atoms with Crippen molar-refractivity contribution in [3.8, 4) is 0 Å². The molecule has 0 atom stereocenters. The van der Waals surface area contributed by atoms with Crippen molar-refractivity contribution in [1.82, 2.24) is 15.3 Å². The summed E-state index contributed by atoms with van der Waals surface area (Å²) in [5.74, 6) is -0.460. The minimum Gasteiger partial charge on any atom is -0.394 e. The van der Waals surface area contributed by atoms with Crippen LogP contribution in [0.4, 0.5) is 0 Å². The first kappa shape index (κ1) is 12.5. The average molecular weight is 225 g/mol. The molecule has 0 radical (unpaired) electrons. The molecule has 16 heavy (non-hydrogen) atoms. The highest BCUT2D eigenvalue weighted by molar-refractivity contribution is 5.92. The SMILES string of the molecule is CCC(CO)(CO)NC(=O)c1cnccn1. The summed E-state index contributed by atoms with van der Waals surface area (Å²) in [6, 6.07) is 0. The van der Waals surface area contributed by atoms with Crippen molar-refractivity contribution in [2.24, 2.45) is 0 Å². The molecule has 6 nitrogen and oxygen atoms in total. The maximum Gasteiger partial charge on any atom is 0.272 e. The molecule has 0 spiro atoms. The van der Waals surface area contributed by atoms with Gasteiger partial charge in [0.05, 0.1) is 24.9 Å². The van der Waals surface area contributed by atoms with E-state index in [0.29, 0.717) is 6.42 Å². The number of aromatic nitrogens is 2. The Kier molecular flexibility index (Phi) is 4.33. The van der Waals surface area contributed by atoms with Crippen LogP contribution in [0.15, 0.2) is 18.6 Å². The number of carbonyl (C=O) groups excluding carboxylic acids is 1. The van der Waals surface area contributed by atoms with E-state index >= 15 is 0 Å². The van der Waals surface area contributed by atoms with Gasteiger partial charge >= 0.3 is 0 Å². The first-order valence-electron chi connectivity index (χ1n) is 4.97. The standard InChI is InChI=1S/C10H15N3O3/c1-2-10(6-14,7-15)13-9(16)8-5-11-3-4-12-8/h3-5,14-15H,2,6-7H2,1H3,(H,13,16). The maximum absolute atomic E-state index is 11.7. The fourth-order valence-corrected chi connectivity index (χ4v) is 1.16. The van der Waals surface area contributed by atoms with Crippen molar-refractivity contribution >= 4 is 5.91 Å². The molecule has 0 bridgehead atoms. The number of rotatable bonds is 5. The van der Waals surface area contributed by atoms with Gasteiger partial charge in [0.25, 0.3) is 5.91 Å². The van der Waals surface area contributed by atoms with Gasteiger partial charge in [-0.3, -0.25) is 9.78 Å². The number of aliphatic hydroxyl groups is 2. The van der Waals surface area contributed by atoms with E-state index in [1.54, 1.807) is 6.92 Å². The van der Waals surface area contributed by atoms with Gasteiger partial charge in [0, 0.05) is 12.4 Å². The lowest BCUT2D eigenvalue weighted by molar-refractivity contribution is 0.0649. The molecule has 6 heteroatoms. The second-order valence-electron chi connectivity index (χ2n) is 3.49. The monoisotopic (exact) mass is 225 g/mol. The van der Waals surface area contributed by atoms with Crippen LogP contribution in [-0.4, -0.2) is 44.8 Å². The van der Waals surface area contributed by atoms with Crippen molar-refractivity contribution in [3.63, 3.8) is 0 Å². The Morgan fingerprint density at radius 3 is 2.56 bits per heavy atom. The van der Waals surface area contributed by atoms with E-state index in [-0.39, 0.29) is 18.9 Å². The van der Waals surface area contributed by atoms with Crippen LogP contribution in [0.2, 0.25) is 0 Å². The summed E-state index contributed by atoms with van der Waals surface area (Å²) in [5.41, 5.74) is -0.851. The Labute approximate surface area is 93.4 Å². The lowest BCUT2D eigenvalue weighted by Crippen LogP contribution is -2.53. The molecular formula is C10H15N3O3. The summed E-state index contributed by atoms with van der Waals surface area (Å²) in [6.07, 6.45) is 4.61. The van der Waals surface area contributed by atoms with Gasteiger partial charge in [-0.2, -0.15) is 0 Å². The Bertz CT molecular complexity index is 330. The predicted molar refractivity (Wildman–Crippen MR) is 56.7 cm³/mol. The van der Waals surface area contributed by atoms with Crippen LogP contribution in [0.3, 0.4) is 0 Å². The highest BCUT2D eigenvalue weighted by atomic mass is 16.3. The van der Waals surface area contributed by atoms with Crippen LogP contribution in [0.1, 0.15) is 23.8 Å². The zero-order valence-electron chi connectivity index (χ0n) is 9.05. The highest BCUT2D eigenvalue weighted by Gasteiger charge is 2.29. The van der Waals surface area contributed by atoms with Gasteiger partial charge in [0.15, 0.2) is 0 Å². The van der Waals surface area contributed by atoms with Crippen LogP contribution in [0.5, 0.6) is 0 Å². The van der Waals surface area contributed by atoms with Crippen LogP contribution < -0.4 is 5.32 Å². The summed E-state index contributed by atoms with van der Waals surface area (Å²) >= 11 is 0. The summed E-state index contributed by atoms with van der Waals surface area (Å²) in [6.45, 7) is 1.11. The van der Waals surface area contributed by atoms with Gasteiger partial charge in [-0.15, -0.1) is 0 Å². The van der Waals surface area contributed by atoms with E-state index in [4.69, 9.17) is 10.2 Å². The minimum absolute atomic E-state index is 0.155. The number of hydrogen-bond acceptors (Lipinski definition) is 5. The first-order chi connectivity index (χ1) is 7.67. The lowest BCUT2D eigenvalue weighted by Gasteiger charge is -2.29. The molecule has 0 aliphatic heterocycles. The molecule has 0 aromatic carbocycles. The molecule has 88 valence electrons. The van der Waals surface area contributed by atoms with Gasteiger partial charge in [0.2, 0.25) is 0 Å². The largest absolute Gasteiger partial charge is 0.394 e. The van der Waals surface area contributed by atoms with Crippen molar-refractivity contribution < 1.29 is 15.0 Å². The second-order valence-corrected chi connectivity index (χ2v) is 3.49. The van der Waals surface area contributed by atoms with E-state index in [2.05, 4.69) is 15.3 Å². The molecule has 1 rings (SSSR count). The number of nitrogens with zero attached hydrogens (tertiary/aromatic N) is 2. The third kappa shape index (κ3) is 2.74. The highest BCUT2D eigenvalue weighted by Crippen LogP contribution is 2.09. The summed E-state index contributed by atoms with van der Waals surface area (Å²) < 4.78 is 0. The molecule has 1 heterocycles. The quantitative estimate of drug-likeness (QED) is 0.618. The fourth-order valence-electron chi connectivity index (χ4n) is 1.16. The summed E-state index contributed by atoms with van der Waals surface area (Å²) in [5, 5.41) is 20.9. The minimum atomic E-state index is -1.01. The number of carbonyl (C=O) groups is 1. The molecule has 3 N–H and O–H groups in total. The van der Waals surface area contributed by atoms with Crippen LogP contribution in [0, 0.1) is 0 Å². The van der Waals surface area contributed by atoms with Crippen LogP contribution in [-0.2, 0) is 0 Å². The normalized spacial score (nSPS) is 11.2. The van der Waals surface area contributed by atoms with E-state index in [1.165, 1.54) is 18.6 Å². The smallest absolute Gasteiger partial charge is 0.272 e. The second kappa shape index (κ2) is 5.53. The molecule has 0 saturated carbocycles. The van der Waals surface area contributed by atoms with Crippen molar-refractivity contribution in [1.29, 1.82) is 0 Å². The molecule has 1 amide bonds. The van der Waals surface area contributed by atoms with Gasteiger partial charge in [0.1, 0.15) is 5.69 Å². The van der Waals surface area contributed by atoms with Crippen molar-refractivity contribution in [3.05, 3.63) is 24.3 Å². The zero-order valence-corrected chi connectivity index (χ0v) is 9.05. The Morgan fingerprint density at radius 2 is 2.12 bits per heavy atom. The van der Waals surface area contributed by atoms with Crippen molar-refractivity contribution in [2.45, 2.75) is 18.9 Å². The zero-order chi connectivity index (χ0) is 12.0. The van der Waals surface area contributed by atoms with E-state index in [1.807, 2.05) is 0 Å². The van der Waals surface area contributed by atoms with Gasteiger partial charge in [-0.05, 0) is 6.42 Å². The molecular weight excluding hydrogens is 210 g/mol. The fraction of sp³-hybridized carbons (Fsp3) is 0.500. The molecule has 0 saturated heterocycles. The van der Waals surface area contributed by atoms with Crippen LogP contribution >= 0.6 is 0 Å². The van der Waals surface area contributed by atoms with Crippen LogP contribution in [0.25, 0.3) is 0 Å². The van der Waals surface area contributed by atoms with Gasteiger partial charge in [-0.1, -0.05) is 6.92 Å². The molecule has 0 aliphatic carbocycles. The molecule has 0 fully saturated rings. The molecule has 1 aromatic heterocycles. The number of aliphatic hydroxyl groups excluding tert-OH is 2. The first-order valence-corrected chi connectivity index (χ1v) is 4.97. The third-order valence-electron chi connectivity index (χ3n) is 2.46. The number of hydrogen-bond donors (Lipinski definition) is 3. The number of amides is 1. The molecule has 1 aromatic rings. The van der Waals surface area contributed by atoms with E-state index < -0.39 is 11.4 Å². The van der Waals surface area contributed by atoms with Gasteiger partial charge in [-0.25, -0.2) is 4.98 Å². The topological polar surface area (TPSA) is 95.3 Å². The number of nitrogens with one attached hydrogen (secondary N) is 1. The van der Waals surface area contributed by atoms with Crippen molar-refractivity contribution in [2.75, 3.05) is 13.2 Å². The summed E-state index contributed by atoms with van der Waals surface area (Å²) in [4.78, 5) is 19.3. The Morgan fingerprint density at radius 1 is 1.44 bits per heavy atom. The van der Waals surface area contributed by atoms with Gasteiger partial charge < -0.3 is 15.5 Å². The van der Waals surface area contributed by atoms with E-state index in [9.17, 15) is 4.79 Å². The predicted octanol–water partition coefficient (Wildman–Crippen LogP) is -0.660. The lowest BCUT2D eigenvalue weighted by atomic mass is 9.98. The maximum atomic E-state index is 11.7. The van der Waals surface area contributed by atoms with E-state index in [0.717, 1.165) is 0 Å². The molecule has 0 aliphatic rings. The Balaban J connectivity index is 2.77.